The molecule has 0 saturated carbocycles. The molecule has 5 heteroatoms. The summed E-state index contributed by atoms with van der Waals surface area (Å²) >= 11 is -2.61. The second-order valence-corrected chi connectivity index (χ2v) is 0.692. The van der Waals surface area contributed by atoms with Crippen LogP contribution in [-0.2, 0) is 30.8 Å². The van der Waals surface area contributed by atoms with E-state index in [1.807, 2.05) is 0 Å². The van der Waals surface area contributed by atoms with Gasteiger partial charge in [-0.2, -0.15) is 4.21 Å². The summed E-state index contributed by atoms with van der Waals surface area (Å²) in [5, 5.41) is 0. The summed E-state index contributed by atoms with van der Waals surface area (Å²) in [7, 11) is 0. The van der Waals surface area contributed by atoms with Gasteiger partial charge in [0.25, 0.3) is 11.4 Å². The maximum Gasteiger partial charge on any atom is 0.299 e. The van der Waals surface area contributed by atoms with E-state index in [0.717, 1.165) is 0 Å². The van der Waals surface area contributed by atoms with Crippen molar-refractivity contribution in [2.45, 2.75) is 0 Å². The molecule has 0 rings (SSSR count). The van der Waals surface area contributed by atoms with Crippen LogP contribution in [0.1, 0.15) is 0 Å². The Balaban J connectivity index is 0. The Labute approximate surface area is 44.6 Å². The predicted molar refractivity (Wildman–Crippen MR) is 13.4 cm³/mol. The van der Waals surface area contributed by atoms with Gasteiger partial charge in [-0.15, -0.1) is 0 Å². The second kappa shape index (κ2) is 4.69. The third-order valence-corrected chi connectivity index (χ3v) is 0. The van der Waals surface area contributed by atoms with Crippen molar-refractivity contribution >= 4 is 11.4 Å². The van der Waals surface area contributed by atoms with E-state index in [1.54, 1.807) is 0 Å². The summed E-state index contributed by atoms with van der Waals surface area (Å²) < 4.78 is 22.8. The molecule has 2 N–H and O–H groups in total. The van der Waals surface area contributed by atoms with Crippen molar-refractivity contribution in [3.05, 3.63) is 0 Å². The molecule has 0 aromatic rings. The van der Waals surface area contributed by atoms with Gasteiger partial charge in [-0.1, -0.05) is 0 Å². The van der Waals surface area contributed by atoms with Crippen LogP contribution >= 0.6 is 0 Å². The normalized spacial score (nSPS) is 7.00. The van der Waals surface area contributed by atoms with Crippen LogP contribution in [0.5, 0.6) is 0 Å². The van der Waals surface area contributed by atoms with E-state index in [-0.39, 0.29) is 19.5 Å². The van der Waals surface area contributed by atoms with Gasteiger partial charge >= 0.3 is 0 Å². The molecule has 0 aliphatic carbocycles. The maximum atomic E-state index is 8.67. The minimum atomic E-state index is -2.61. The fourth-order valence-corrected chi connectivity index (χ4v) is 0. The summed E-state index contributed by atoms with van der Waals surface area (Å²) in [6, 6.07) is 0. The van der Waals surface area contributed by atoms with Crippen molar-refractivity contribution in [1.82, 2.24) is 0 Å². The van der Waals surface area contributed by atoms with Crippen molar-refractivity contribution in [1.29, 1.82) is 0 Å². The van der Waals surface area contributed by atoms with Gasteiger partial charge < -0.3 is 0 Å². The molecule has 3 nitrogen and oxygen atoms in total. The molecule has 0 aliphatic rings. The van der Waals surface area contributed by atoms with E-state index in [1.165, 1.54) is 0 Å². The van der Waals surface area contributed by atoms with Gasteiger partial charge in [-0.05, 0) is 0 Å². The molecule has 0 radical (unpaired) electrons. The monoisotopic (exact) mass is 184 g/mol. The summed E-state index contributed by atoms with van der Waals surface area (Å²) in [4.78, 5) is 0. The maximum absolute atomic E-state index is 8.67. The third kappa shape index (κ3) is 70.8. The van der Waals surface area contributed by atoms with Crippen molar-refractivity contribution in [2.75, 3.05) is 0 Å². The largest absolute Gasteiger partial charge is 0.299 e. The number of hydrogen-bond donors (Lipinski definition) is 2. The predicted octanol–water partition coefficient (Wildman–Crippen LogP) is -0.321. The summed E-state index contributed by atoms with van der Waals surface area (Å²) in [5.41, 5.74) is 0. The molecule has 0 spiro atoms. The van der Waals surface area contributed by atoms with Gasteiger partial charge in [0.1, 0.15) is 0 Å². The second-order valence-electron chi connectivity index (χ2n) is 0.231. The fourth-order valence-electron chi connectivity index (χ4n) is 0. The van der Waals surface area contributed by atoms with E-state index in [0.29, 0.717) is 0 Å². The fraction of sp³-hybridized carbons (Fsp3) is 0. The van der Waals surface area contributed by atoms with Crippen molar-refractivity contribution in [3.8, 4) is 0 Å². The molecule has 0 aromatic heterocycles. The third-order valence-electron chi connectivity index (χ3n) is 0. The zero-order valence-electron chi connectivity index (χ0n) is 2.06. The van der Waals surface area contributed by atoms with Crippen molar-refractivity contribution in [2.24, 2.45) is 0 Å². The molecule has 0 fully saturated rings. The van der Waals surface area contributed by atoms with Crippen LogP contribution < -0.4 is 0 Å². The Bertz CT molecular complexity index is 29.9. The standard InChI is InChI=1S/H2O3S.Ru/c1-4(2)3;/h(H2,1,2,3);. The molecule has 0 aliphatic heterocycles. The molecule has 0 amide bonds. The first-order chi connectivity index (χ1) is 1.73. The quantitative estimate of drug-likeness (QED) is 0.399. The van der Waals surface area contributed by atoms with Crippen LogP contribution in [0, 0.1) is 0 Å². The Morgan fingerprint density at radius 1 is 1.40 bits per heavy atom. The first-order valence-corrected chi connectivity index (χ1v) is 1.60. The average molecular weight is 183 g/mol. The van der Waals surface area contributed by atoms with Crippen LogP contribution in [0.25, 0.3) is 0 Å². The molecule has 0 unspecified atom stereocenters. The number of rotatable bonds is 0. The molecule has 5 heavy (non-hydrogen) atoms. The topological polar surface area (TPSA) is 57.5 Å². The molecular formula is H2O3RuS. The van der Waals surface area contributed by atoms with Gasteiger partial charge in [0.15, 0.2) is 0 Å². The SMILES string of the molecule is O=S(O)O.[Ru]. The van der Waals surface area contributed by atoms with E-state index in [9.17, 15) is 0 Å². The molecule has 0 atom stereocenters. The van der Waals surface area contributed by atoms with Gasteiger partial charge in [-0.25, -0.2) is 0 Å². The molecule has 0 bridgehead atoms. The van der Waals surface area contributed by atoms with Gasteiger partial charge in [0, 0.05) is 19.5 Å². The Hall–Kier alpha value is 0.693. The first-order valence-electron chi connectivity index (χ1n) is 0.532. The number of hydrogen-bond acceptors (Lipinski definition) is 1. The molecular weight excluding hydrogens is 181 g/mol. The van der Waals surface area contributed by atoms with Crippen molar-refractivity contribution in [3.63, 3.8) is 0 Å². The Morgan fingerprint density at radius 3 is 1.40 bits per heavy atom. The van der Waals surface area contributed by atoms with E-state index in [2.05, 4.69) is 0 Å². The Morgan fingerprint density at radius 2 is 1.40 bits per heavy atom. The zero-order chi connectivity index (χ0) is 3.58. The summed E-state index contributed by atoms with van der Waals surface area (Å²) in [6.45, 7) is 0. The van der Waals surface area contributed by atoms with Crippen LogP contribution in [-0.4, -0.2) is 13.3 Å². The van der Waals surface area contributed by atoms with Crippen LogP contribution in [0.15, 0.2) is 0 Å². The van der Waals surface area contributed by atoms with Crippen LogP contribution in [0.3, 0.4) is 0 Å². The van der Waals surface area contributed by atoms with E-state index >= 15 is 0 Å². The molecule has 0 aromatic carbocycles. The molecule has 0 saturated heterocycles. The van der Waals surface area contributed by atoms with Gasteiger partial charge in [-0.3, -0.25) is 9.11 Å². The summed E-state index contributed by atoms with van der Waals surface area (Å²) in [5.74, 6) is 0. The first kappa shape index (κ1) is 9.19. The van der Waals surface area contributed by atoms with Gasteiger partial charge in [0.05, 0.1) is 0 Å². The minimum absolute atomic E-state index is 0. The average Bonchev–Trinajstić information content (AvgIpc) is 0.811. The van der Waals surface area contributed by atoms with Crippen LogP contribution in [0.4, 0.5) is 0 Å². The Kier molecular flexibility index (Phi) is 8.63. The zero-order valence-corrected chi connectivity index (χ0v) is 4.62. The minimum Gasteiger partial charge on any atom is -0.284 e. The van der Waals surface area contributed by atoms with Gasteiger partial charge in [0.2, 0.25) is 0 Å². The van der Waals surface area contributed by atoms with Crippen LogP contribution in [0.2, 0.25) is 0 Å². The van der Waals surface area contributed by atoms with E-state index in [4.69, 9.17) is 13.3 Å². The summed E-state index contributed by atoms with van der Waals surface area (Å²) in [6.07, 6.45) is 0. The molecule has 34 valence electrons. The molecule has 0 heterocycles. The smallest absolute Gasteiger partial charge is 0.284 e. The van der Waals surface area contributed by atoms with E-state index < -0.39 is 11.4 Å². The van der Waals surface area contributed by atoms with Crippen molar-refractivity contribution < 1.29 is 32.8 Å².